The first kappa shape index (κ1) is 17.1. The van der Waals surface area contributed by atoms with E-state index in [2.05, 4.69) is 6.07 Å². The summed E-state index contributed by atoms with van der Waals surface area (Å²) in [5.74, 6) is -4.46. The summed E-state index contributed by atoms with van der Waals surface area (Å²) in [5.41, 5.74) is 5.93. The molecule has 1 heterocycles. The Balaban J connectivity index is 2.06. The second kappa shape index (κ2) is 6.12. The Hall–Kier alpha value is -3.35. The van der Waals surface area contributed by atoms with Crippen molar-refractivity contribution in [2.45, 2.75) is 6.54 Å². The molecule has 1 radical (unpaired) electrons. The number of nitrogens with two attached hydrogens (primary N) is 1. The van der Waals surface area contributed by atoms with Crippen LogP contribution in [0.3, 0.4) is 0 Å². The van der Waals surface area contributed by atoms with Gasteiger partial charge in [0.1, 0.15) is 23.3 Å². The summed E-state index contributed by atoms with van der Waals surface area (Å²) in [6.07, 6.45) is 0. The zero-order valence-electron chi connectivity index (χ0n) is 13.7. The molecule has 0 aliphatic rings. The topological polar surface area (TPSA) is 48.0 Å². The molecule has 2 N–H and O–H groups in total. The van der Waals surface area contributed by atoms with Crippen LogP contribution >= 0.6 is 0 Å². The summed E-state index contributed by atoms with van der Waals surface area (Å²) in [4.78, 5) is 11.8. The molecule has 3 nitrogen and oxygen atoms in total. The van der Waals surface area contributed by atoms with Crippen LogP contribution in [0.5, 0.6) is 0 Å². The minimum Gasteiger partial charge on any atom is -0.366 e. The Bertz CT molecular complexity index is 1210. The third kappa shape index (κ3) is 2.71. The maximum absolute atomic E-state index is 14.1. The van der Waals surface area contributed by atoms with Gasteiger partial charge < -0.3 is 10.3 Å². The molecule has 1 aromatic heterocycles. The molecule has 4 rings (SSSR count). The van der Waals surface area contributed by atoms with E-state index in [1.165, 1.54) is 16.7 Å². The van der Waals surface area contributed by atoms with E-state index in [9.17, 15) is 22.4 Å². The average Bonchev–Trinajstić information content (AvgIpc) is 2.90. The summed E-state index contributed by atoms with van der Waals surface area (Å²) in [7, 11) is 0. The van der Waals surface area contributed by atoms with Crippen LogP contribution in [-0.4, -0.2) is 10.5 Å². The maximum atomic E-state index is 14.1. The van der Waals surface area contributed by atoms with Crippen LogP contribution in [-0.2, 0) is 6.54 Å². The number of amides is 1. The van der Waals surface area contributed by atoms with E-state index < -0.39 is 29.2 Å². The number of hydrogen-bond acceptors (Lipinski definition) is 1. The average molecular weight is 371 g/mol. The third-order valence-electron chi connectivity index (χ3n) is 4.45. The van der Waals surface area contributed by atoms with E-state index in [1.807, 2.05) is 0 Å². The lowest BCUT2D eigenvalue weighted by Crippen LogP contribution is -2.11. The minimum absolute atomic E-state index is 0.180. The van der Waals surface area contributed by atoms with Crippen molar-refractivity contribution in [1.29, 1.82) is 0 Å². The molecule has 0 saturated carbocycles. The van der Waals surface area contributed by atoms with Crippen molar-refractivity contribution >= 4 is 27.7 Å². The third-order valence-corrected chi connectivity index (χ3v) is 4.45. The van der Waals surface area contributed by atoms with Crippen molar-refractivity contribution in [2.75, 3.05) is 0 Å². The number of fused-ring (bicyclic) bond motifs is 3. The van der Waals surface area contributed by atoms with Crippen molar-refractivity contribution in [3.05, 3.63) is 82.9 Å². The first-order valence-electron chi connectivity index (χ1n) is 7.92. The summed E-state index contributed by atoms with van der Waals surface area (Å²) in [6, 6.07) is 10.9. The van der Waals surface area contributed by atoms with E-state index in [0.717, 1.165) is 6.07 Å². The number of hydrogen-bond donors (Lipinski definition) is 1. The van der Waals surface area contributed by atoms with E-state index in [1.54, 1.807) is 12.1 Å². The molecule has 0 atom stereocenters. The van der Waals surface area contributed by atoms with Gasteiger partial charge in [-0.25, -0.2) is 17.6 Å². The molecule has 0 aliphatic heterocycles. The van der Waals surface area contributed by atoms with E-state index in [0.29, 0.717) is 28.4 Å². The molecule has 135 valence electrons. The van der Waals surface area contributed by atoms with Gasteiger partial charge in [-0.1, -0.05) is 6.07 Å². The molecular weight excluding hydrogens is 360 g/mol. The van der Waals surface area contributed by atoms with Gasteiger partial charge in [0, 0.05) is 34.0 Å². The van der Waals surface area contributed by atoms with E-state index in [4.69, 9.17) is 5.73 Å². The fraction of sp³-hybridized carbons (Fsp3) is 0.0500. The number of halogens is 4. The fourth-order valence-electron chi connectivity index (χ4n) is 3.29. The zero-order valence-corrected chi connectivity index (χ0v) is 13.7. The Morgan fingerprint density at radius 1 is 1.00 bits per heavy atom. The van der Waals surface area contributed by atoms with Crippen LogP contribution in [0, 0.1) is 29.3 Å². The lowest BCUT2D eigenvalue weighted by atomic mass is 10.1. The molecule has 0 saturated heterocycles. The van der Waals surface area contributed by atoms with Gasteiger partial charge in [-0.15, -0.1) is 0 Å². The normalized spacial score (nSPS) is 11.4. The van der Waals surface area contributed by atoms with Gasteiger partial charge in [-0.3, -0.25) is 4.79 Å². The highest BCUT2D eigenvalue weighted by Crippen LogP contribution is 2.33. The Morgan fingerprint density at radius 2 is 1.70 bits per heavy atom. The number of primary amides is 1. The minimum atomic E-state index is -1.06. The molecule has 0 aliphatic carbocycles. The second-order valence-electron chi connectivity index (χ2n) is 6.08. The standard InChI is InChI=1S/C20H11F4N2O/c21-10-4-5-12-18(8-10)26(9-14-15(23)6-11(22)7-16(14)24)17-3-1-2-13(19(12)17)20(25)27/h1-4,6-8H,9H2,(H2,25,27). The molecular formula is C20H11F4N2O. The van der Waals surface area contributed by atoms with Crippen LogP contribution in [0.2, 0.25) is 0 Å². The zero-order chi connectivity index (χ0) is 19.3. The monoisotopic (exact) mass is 371 g/mol. The summed E-state index contributed by atoms with van der Waals surface area (Å²) >= 11 is 0. The highest BCUT2D eigenvalue weighted by Gasteiger charge is 2.20. The molecule has 0 bridgehead atoms. The Kier molecular flexibility index (Phi) is 3.87. The summed E-state index contributed by atoms with van der Waals surface area (Å²) in [6.45, 7) is -0.336. The highest BCUT2D eigenvalue weighted by molar-refractivity contribution is 6.17. The van der Waals surface area contributed by atoms with Crippen molar-refractivity contribution in [3.8, 4) is 0 Å². The van der Waals surface area contributed by atoms with Crippen LogP contribution in [0.15, 0.2) is 42.5 Å². The number of carbonyl (C=O) groups is 1. The van der Waals surface area contributed by atoms with E-state index >= 15 is 0 Å². The van der Waals surface area contributed by atoms with E-state index in [-0.39, 0.29) is 23.2 Å². The summed E-state index contributed by atoms with van der Waals surface area (Å²) in [5, 5.41) is 0.798. The largest absolute Gasteiger partial charge is 0.366 e. The molecule has 0 unspecified atom stereocenters. The Morgan fingerprint density at radius 3 is 2.37 bits per heavy atom. The lowest BCUT2D eigenvalue weighted by Gasteiger charge is -2.10. The number of nitrogens with zero attached hydrogens (tertiary/aromatic N) is 1. The first-order chi connectivity index (χ1) is 12.9. The molecule has 4 aromatic rings. The first-order valence-corrected chi connectivity index (χ1v) is 7.92. The van der Waals surface area contributed by atoms with Gasteiger partial charge >= 0.3 is 0 Å². The quantitative estimate of drug-likeness (QED) is 0.537. The van der Waals surface area contributed by atoms with Crippen molar-refractivity contribution in [2.24, 2.45) is 5.73 Å². The van der Waals surface area contributed by atoms with Crippen LogP contribution in [0.1, 0.15) is 15.9 Å². The van der Waals surface area contributed by atoms with Gasteiger partial charge in [0.25, 0.3) is 0 Å². The molecule has 3 aromatic carbocycles. The fourth-order valence-corrected chi connectivity index (χ4v) is 3.29. The van der Waals surface area contributed by atoms with Crippen molar-refractivity contribution in [1.82, 2.24) is 4.57 Å². The van der Waals surface area contributed by atoms with Crippen molar-refractivity contribution in [3.63, 3.8) is 0 Å². The predicted octanol–water partition coefficient (Wildman–Crippen LogP) is 4.30. The highest BCUT2D eigenvalue weighted by atomic mass is 19.1. The maximum Gasteiger partial charge on any atom is 0.249 e. The lowest BCUT2D eigenvalue weighted by molar-refractivity contribution is 0.100. The van der Waals surface area contributed by atoms with Gasteiger partial charge in [-0.05, 0) is 30.3 Å². The van der Waals surface area contributed by atoms with Crippen LogP contribution < -0.4 is 5.73 Å². The summed E-state index contributed by atoms with van der Waals surface area (Å²) < 4.78 is 56.7. The second-order valence-corrected chi connectivity index (χ2v) is 6.08. The van der Waals surface area contributed by atoms with Crippen LogP contribution in [0.25, 0.3) is 21.8 Å². The molecule has 0 fully saturated rings. The van der Waals surface area contributed by atoms with Gasteiger partial charge in [0.2, 0.25) is 5.91 Å². The molecule has 0 spiro atoms. The Labute approximate surface area is 150 Å². The number of benzene rings is 3. The molecule has 1 amide bonds. The van der Waals surface area contributed by atoms with Crippen molar-refractivity contribution < 1.29 is 22.4 Å². The van der Waals surface area contributed by atoms with Crippen LogP contribution in [0.4, 0.5) is 17.6 Å². The van der Waals surface area contributed by atoms with Gasteiger partial charge in [-0.2, -0.15) is 0 Å². The molecule has 27 heavy (non-hydrogen) atoms. The van der Waals surface area contributed by atoms with Gasteiger partial charge in [0.05, 0.1) is 17.6 Å². The predicted molar refractivity (Wildman–Crippen MR) is 92.2 cm³/mol. The number of carbonyl (C=O) groups excluding carboxylic acids is 1. The number of rotatable bonds is 3. The number of aromatic nitrogens is 1. The smallest absolute Gasteiger partial charge is 0.249 e. The SMILES string of the molecule is NC(=O)c1cccc2c1c1[c]cc(F)cc1n2Cc1c(F)cc(F)cc1F. The van der Waals surface area contributed by atoms with Gasteiger partial charge in [0.15, 0.2) is 0 Å². The molecule has 7 heteroatoms.